The smallest absolute Gasteiger partial charge is 0.305 e. The van der Waals surface area contributed by atoms with Gasteiger partial charge in [-0.05, 0) is 93.3 Å². The number of carbonyl (C=O) groups is 15. The van der Waals surface area contributed by atoms with E-state index in [0.29, 0.717) is 76.5 Å². The van der Waals surface area contributed by atoms with Crippen LogP contribution in [0.5, 0.6) is 5.75 Å². The SMILES string of the molecule is CCCC[C@@H](C(=O)N(C)[C@@H](CCCC)C(N)=O)N(C)C(=O)[C@H](Cc1c[nH]c2ccccc12)NC(=O)[C@H](CO)NC(=O)[C@H](Cc1c[nH]c2ccccc12)NC(=O)[C@@H]1C[C@@H](O)CN1C(=O)[C@H](CCC(C)=O)NC(=O)[C@H](Cc1c[nH]cn1)NC(=O)[C@@H]1CCCN1C(=O)[C@H](CC(=O)O)NC(=O)[C@H](C)N(C)C(=O)C1(NC(=O)CSCCN)CC1c1ccc(O)cc1. The lowest BCUT2D eigenvalue weighted by Gasteiger charge is -2.35. The van der Waals surface area contributed by atoms with Crippen molar-refractivity contribution in [3.05, 3.63) is 120 Å². The second kappa shape index (κ2) is 42.9. The van der Waals surface area contributed by atoms with E-state index in [-0.39, 0.29) is 81.5 Å². The first-order chi connectivity index (χ1) is 57.7. The van der Waals surface area contributed by atoms with Crippen molar-refractivity contribution < 1.29 is 92.3 Å². The molecule has 1 aliphatic carbocycles. The summed E-state index contributed by atoms with van der Waals surface area (Å²) in [6.07, 6.45) is 4.70. The molecule has 37 nitrogen and oxygen atoms in total. The van der Waals surface area contributed by atoms with Crippen molar-refractivity contribution in [2.45, 2.75) is 214 Å². The zero-order valence-corrected chi connectivity index (χ0v) is 69.8. The third kappa shape index (κ3) is 23.7. The van der Waals surface area contributed by atoms with Gasteiger partial charge in [-0.1, -0.05) is 88.1 Å². The number of unbranched alkanes of at least 4 members (excludes halogenated alkanes) is 2. The van der Waals surface area contributed by atoms with Gasteiger partial charge in [-0.3, -0.25) is 67.1 Å². The summed E-state index contributed by atoms with van der Waals surface area (Å²) in [6.45, 7) is 4.98. The number of aromatic amines is 3. The van der Waals surface area contributed by atoms with Gasteiger partial charge in [0.2, 0.25) is 76.8 Å². The van der Waals surface area contributed by atoms with E-state index in [4.69, 9.17) is 11.5 Å². The van der Waals surface area contributed by atoms with Crippen molar-refractivity contribution in [1.29, 1.82) is 0 Å². The Hall–Kier alpha value is -11.8. The molecule has 654 valence electrons. The Morgan fingerprint density at radius 2 is 1.21 bits per heavy atom. The van der Waals surface area contributed by atoms with E-state index >= 15 is 19.2 Å². The number of primary amides is 1. The van der Waals surface area contributed by atoms with Crippen LogP contribution >= 0.6 is 11.8 Å². The number of nitrogens with one attached hydrogen (secondary N) is 10. The molecule has 5 heterocycles. The maximum Gasteiger partial charge on any atom is 0.305 e. The van der Waals surface area contributed by atoms with Crippen LogP contribution in [0.3, 0.4) is 0 Å². The Balaban J connectivity index is 0.920. The molecule has 0 radical (unpaired) electrons. The molecule has 121 heavy (non-hydrogen) atoms. The topological polar surface area (TPSA) is 550 Å². The summed E-state index contributed by atoms with van der Waals surface area (Å²) >= 11 is 1.25. The van der Waals surface area contributed by atoms with Crippen molar-refractivity contribution in [2.24, 2.45) is 11.5 Å². The molecule has 14 atom stereocenters. The number of Topliss-reactive ketones (excluding diaryl/α,β-unsaturated/α-hetero) is 1. The number of H-pyrrole nitrogens is 3. The van der Waals surface area contributed by atoms with Crippen LogP contribution in [0.25, 0.3) is 21.8 Å². The predicted octanol–water partition coefficient (Wildman–Crippen LogP) is -0.0954. The predicted molar refractivity (Wildman–Crippen MR) is 444 cm³/mol. The number of phenols is 1. The molecule has 2 unspecified atom stereocenters. The summed E-state index contributed by atoms with van der Waals surface area (Å²) in [5.74, 6) is -13.4. The average molecular weight is 1700 g/mol. The van der Waals surface area contributed by atoms with Gasteiger partial charge < -0.3 is 113 Å². The number of nitrogens with zero attached hydrogens (tertiary/aromatic N) is 6. The summed E-state index contributed by atoms with van der Waals surface area (Å²) in [5, 5.41) is 62.5. The third-order valence-corrected chi connectivity index (χ3v) is 23.6. The molecular weight excluding hydrogens is 1590 g/mol. The van der Waals surface area contributed by atoms with E-state index in [9.17, 15) is 73.2 Å². The molecule has 3 aromatic heterocycles. The minimum Gasteiger partial charge on any atom is -0.508 e. The fourth-order valence-electron chi connectivity index (χ4n) is 15.7. The van der Waals surface area contributed by atoms with Crippen LogP contribution in [-0.4, -0.2) is 290 Å². The number of hydrogen-bond donors (Lipinski definition) is 16. The Labute approximate surface area is 703 Å². The molecule has 9 rings (SSSR count). The van der Waals surface area contributed by atoms with Crippen LogP contribution in [0, 0.1) is 0 Å². The Morgan fingerprint density at radius 1 is 0.653 bits per heavy atom. The largest absolute Gasteiger partial charge is 0.508 e. The number of phenolic OH excluding ortho intramolecular Hbond substituents is 1. The number of aliphatic hydroxyl groups is 2. The van der Waals surface area contributed by atoms with Gasteiger partial charge in [-0.25, -0.2) is 4.98 Å². The van der Waals surface area contributed by atoms with E-state index in [0.717, 1.165) is 14.7 Å². The fraction of sp³-hybridized carbons (Fsp3) is 0.518. The number of likely N-dealkylation sites (tertiary alicyclic amines) is 2. The highest BCUT2D eigenvalue weighted by Crippen LogP contribution is 2.53. The Kier molecular flexibility index (Phi) is 33.0. The summed E-state index contributed by atoms with van der Waals surface area (Å²) < 4.78 is 0. The van der Waals surface area contributed by atoms with Gasteiger partial charge >= 0.3 is 5.97 Å². The molecular formula is C83H112N18O19S. The summed E-state index contributed by atoms with van der Waals surface area (Å²) in [7, 11) is 4.16. The molecule has 3 fully saturated rings. The van der Waals surface area contributed by atoms with E-state index in [1.807, 2.05) is 19.9 Å². The number of nitrogens with two attached hydrogens (primary N) is 2. The highest BCUT2D eigenvalue weighted by atomic mass is 32.2. The third-order valence-electron chi connectivity index (χ3n) is 22.6. The number of aromatic nitrogens is 4. The first-order valence-electron chi connectivity index (χ1n) is 40.7. The molecule has 1 saturated carbocycles. The number of fused-ring (bicyclic) bond motifs is 2. The van der Waals surface area contributed by atoms with Crippen LogP contribution in [0.15, 0.2) is 97.7 Å². The first-order valence-corrected chi connectivity index (χ1v) is 41.9. The maximum atomic E-state index is 15.3. The second-order valence-corrected chi connectivity index (χ2v) is 32.4. The number of para-hydroxylation sites is 2. The van der Waals surface area contributed by atoms with Gasteiger partial charge in [0, 0.05) is 125 Å². The average Bonchev–Trinajstić information content (AvgIpc) is 1.56. The monoisotopic (exact) mass is 1700 g/mol. The van der Waals surface area contributed by atoms with Crippen molar-refractivity contribution in [2.75, 3.05) is 58.9 Å². The van der Waals surface area contributed by atoms with E-state index < -0.39 is 205 Å². The molecule has 6 aromatic rings. The minimum atomic E-state index is -1.83. The number of aliphatic hydroxyl groups excluding tert-OH is 2. The van der Waals surface area contributed by atoms with Gasteiger partial charge in [-0.2, -0.15) is 11.8 Å². The summed E-state index contributed by atoms with van der Waals surface area (Å²) in [6, 6.07) is 3.66. The van der Waals surface area contributed by atoms with Crippen molar-refractivity contribution in [3.63, 3.8) is 0 Å². The molecule has 3 aromatic carbocycles. The Morgan fingerprint density at radius 3 is 1.79 bits per heavy atom. The minimum absolute atomic E-state index is 0.0294. The van der Waals surface area contributed by atoms with Gasteiger partial charge in [0.05, 0.1) is 36.9 Å². The summed E-state index contributed by atoms with van der Waals surface area (Å²) in [4.78, 5) is 233. The van der Waals surface area contributed by atoms with Crippen LogP contribution in [0.2, 0.25) is 0 Å². The first kappa shape index (κ1) is 93.1. The van der Waals surface area contributed by atoms with Crippen LogP contribution in [0.1, 0.15) is 139 Å². The van der Waals surface area contributed by atoms with Crippen molar-refractivity contribution in [3.8, 4) is 5.75 Å². The standard InChI is InChI=1S/C83H112N18O19S/c1-8-10-21-65(71(85)109)98(6)81(119)67(22-11-9-2)99(7)78(116)62(34-50-40-88-58-20-15-13-18-55(50)58)94-75(113)64(43-102)95-73(111)60(33-49-39-87-57-19-14-12-17-54(49)57)91-77(115)68-36-53(105)42-101(68)79(117)59(29-24-46(3)103)90-74(112)61(35-51-41-86-45-89-51)92-76(114)66-23-16-31-100(66)80(118)63(37-70(107)108)93-72(110)47(4)97(5)82(120)83(96-69(106)44-121-32-30-84)38-56(83)48-25-27-52(104)28-26-48/h12-15,17-20,25-28,39-41,45,47,53,56,59-68,87-88,102,104-105H,8-11,16,21-24,29-38,42-44,84H2,1-7H3,(H2,85,109)(H,86,89)(H,90,112)(H,91,115)(H,92,114)(H,93,110)(H,94,113)(H,95,111)(H,96,106)(H,107,108)/t47-,53+,56?,59-,60-,61-,62-,63-,64-,65-,66-,67-,68-,83?/m0/s1. The number of carboxylic acids is 1. The number of hydrogen-bond acceptors (Lipinski definition) is 21. The van der Waals surface area contributed by atoms with Crippen LogP contribution < -0.4 is 48.7 Å². The second-order valence-electron chi connectivity index (χ2n) is 31.3. The molecule has 0 spiro atoms. The van der Waals surface area contributed by atoms with E-state index in [1.165, 1.54) is 81.2 Å². The highest BCUT2D eigenvalue weighted by molar-refractivity contribution is 7.99. The molecule has 38 heteroatoms. The highest BCUT2D eigenvalue weighted by Gasteiger charge is 2.63. The fourth-order valence-corrected chi connectivity index (χ4v) is 16.3. The molecule has 0 bridgehead atoms. The zero-order chi connectivity index (χ0) is 88.1. The van der Waals surface area contributed by atoms with E-state index in [1.54, 1.807) is 67.0 Å². The van der Waals surface area contributed by atoms with Crippen LogP contribution in [0.4, 0.5) is 0 Å². The molecule has 18 N–H and O–H groups in total. The lowest BCUT2D eigenvalue weighted by molar-refractivity contribution is -0.149. The number of carbonyl (C=O) groups excluding carboxylic acids is 14. The number of β-amino-alcohol motifs (C(OH)–C–C–N with tert-alkyl or cyclic N) is 1. The van der Waals surface area contributed by atoms with Crippen molar-refractivity contribution >= 4 is 122 Å². The number of aromatic hydroxyl groups is 1. The van der Waals surface area contributed by atoms with Crippen LogP contribution in [-0.2, 0) is 91.2 Å². The number of imidazole rings is 1. The van der Waals surface area contributed by atoms with Gasteiger partial charge in [0.25, 0.3) is 0 Å². The Bertz CT molecular complexity index is 4710. The van der Waals surface area contributed by atoms with Gasteiger partial charge in [-0.15, -0.1) is 0 Å². The van der Waals surface area contributed by atoms with Gasteiger partial charge in [0.15, 0.2) is 0 Å². The number of rotatable bonds is 45. The number of aliphatic carboxylic acids is 1. The summed E-state index contributed by atoms with van der Waals surface area (Å²) in [5.41, 5.74) is 13.1. The molecule has 3 aliphatic rings. The lowest BCUT2D eigenvalue weighted by atomic mass is 10.00. The number of carboxylic acid groups (broad SMARTS) is 1. The maximum absolute atomic E-state index is 15.3. The number of amides is 13. The number of likely N-dealkylation sites (N-methyl/N-ethyl adjacent to an activating group) is 3. The zero-order valence-electron chi connectivity index (χ0n) is 69.0. The molecule has 2 saturated heterocycles. The molecule has 13 amide bonds. The lowest BCUT2D eigenvalue weighted by Crippen LogP contribution is -2.61. The van der Waals surface area contributed by atoms with E-state index in [2.05, 4.69) is 57.2 Å². The quantitative estimate of drug-likeness (QED) is 0.0222. The van der Waals surface area contributed by atoms with Crippen molar-refractivity contribution in [1.82, 2.24) is 81.7 Å². The van der Waals surface area contributed by atoms with Gasteiger partial charge in [0.1, 0.15) is 83.5 Å². The number of thioether (sulfide) groups is 1. The molecule has 2 aliphatic heterocycles. The number of ketones is 1. The normalized spacial score (nSPS) is 19.0. The number of benzene rings is 3.